The molecule has 5 heteroatoms. The van der Waals surface area contributed by atoms with Crippen LogP contribution in [0.5, 0.6) is 17.2 Å². The highest BCUT2D eigenvalue weighted by Crippen LogP contribution is 2.39. The highest BCUT2D eigenvalue weighted by molar-refractivity contribution is 5.55. The van der Waals surface area contributed by atoms with E-state index in [0.29, 0.717) is 23.8 Å². The quantitative estimate of drug-likeness (QED) is 0.733. The van der Waals surface area contributed by atoms with Crippen LogP contribution < -0.4 is 19.5 Å². The SMILES string of the molecule is CCC(CC)(CO)NCc1ccc(OC)c(OC)c1OC. The first-order valence-corrected chi connectivity index (χ1v) is 7.25. The third-order valence-electron chi connectivity index (χ3n) is 4.10. The molecule has 0 aliphatic heterocycles. The lowest BCUT2D eigenvalue weighted by Crippen LogP contribution is -2.47. The molecule has 0 atom stereocenters. The average Bonchev–Trinajstić information content (AvgIpc) is 2.55. The standard InChI is InChI=1S/C16H27NO4/c1-6-16(7-2,11-18)17-10-12-8-9-13(19-3)15(21-5)14(12)20-4/h8-9,17-18H,6-7,10-11H2,1-5H3. The minimum absolute atomic E-state index is 0.107. The van der Waals surface area contributed by atoms with Crippen molar-refractivity contribution in [2.75, 3.05) is 27.9 Å². The largest absolute Gasteiger partial charge is 0.493 e. The molecule has 0 aliphatic carbocycles. The summed E-state index contributed by atoms with van der Waals surface area (Å²) in [5.74, 6) is 1.88. The second-order valence-electron chi connectivity index (χ2n) is 4.99. The molecule has 0 aromatic heterocycles. The highest BCUT2D eigenvalue weighted by Gasteiger charge is 2.25. The second-order valence-corrected chi connectivity index (χ2v) is 4.99. The zero-order valence-electron chi connectivity index (χ0n) is 13.7. The van der Waals surface area contributed by atoms with Crippen molar-refractivity contribution in [2.24, 2.45) is 0 Å². The van der Waals surface area contributed by atoms with Crippen molar-refractivity contribution in [3.8, 4) is 17.2 Å². The van der Waals surface area contributed by atoms with Crippen molar-refractivity contribution < 1.29 is 19.3 Å². The molecule has 0 amide bonds. The monoisotopic (exact) mass is 297 g/mol. The third kappa shape index (κ3) is 3.80. The molecule has 2 N–H and O–H groups in total. The lowest BCUT2D eigenvalue weighted by atomic mass is 9.93. The number of rotatable bonds is 9. The maximum Gasteiger partial charge on any atom is 0.203 e. The van der Waals surface area contributed by atoms with Crippen molar-refractivity contribution in [3.05, 3.63) is 17.7 Å². The molecule has 120 valence electrons. The summed E-state index contributed by atoms with van der Waals surface area (Å²) in [5, 5.41) is 13.1. The summed E-state index contributed by atoms with van der Waals surface area (Å²) < 4.78 is 16.1. The summed E-state index contributed by atoms with van der Waals surface area (Å²) in [5.41, 5.74) is 0.702. The van der Waals surface area contributed by atoms with E-state index in [2.05, 4.69) is 19.2 Å². The van der Waals surface area contributed by atoms with Gasteiger partial charge in [0.05, 0.1) is 27.9 Å². The van der Waals surface area contributed by atoms with Gasteiger partial charge in [-0.1, -0.05) is 19.9 Å². The van der Waals surface area contributed by atoms with Crippen LogP contribution in [-0.2, 0) is 6.54 Å². The molecular weight excluding hydrogens is 270 g/mol. The number of nitrogens with one attached hydrogen (secondary N) is 1. The van der Waals surface area contributed by atoms with Gasteiger partial charge in [0.2, 0.25) is 5.75 Å². The highest BCUT2D eigenvalue weighted by atomic mass is 16.5. The van der Waals surface area contributed by atoms with Gasteiger partial charge >= 0.3 is 0 Å². The van der Waals surface area contributed by atoms with E-state index in [1.54, 1.807) is 21.3 Å². The van der Waals surface area contributed by atoms with Crippen LogP contribution in [0.2, 0.25) is 0 Å². The fraction of sp³-hybridized carbons (Fsp3) is 0.625. The molecule has 0 radical (unpaired) electrons. The summed E-state index contributed by atoms with van der Waals surface area (Å²) in [6, 6.07) is 3.80. The maximum absolute atomic E-state index is 9.63. The lowest BCUT2D eigenvalue weighted by molar-refractivity contribution is 0.149. The molecule has 0 bridgehead atoms. The first-order chi connectivity index (χ1) is 10.1. The molecule has 0 saturated heterocycles. The Bertz CT molecular complexity index is 436. The average molecular weight is 297 g/mol. The van der Waals surface area contributed by atoms with Crippen LogP contribution in [0.15, 0.2) is 12.1 Å². The van der Waals surface area contributed by atoms with Crippen LogP contribution in [0.3, 0.4) is 0 Å². The minimum Gasteiger partial charge on any atom is -0.493 e. The van der Waals surface area contributed by atoms with Gasteiger partial charge in [-0.2, -0.15) is 0 Å². The van der Waals surface area contributed by atoms with E-state index in [4.69, 9.17) is 14.2 Å². The molecule has 1 rings (SSSR count). The molecule has 1 aromatic rings. The number of methoxy groups -OCH3 is 3. The number of aliphatic hydroxyl groups is 1. The fourth-order valence-electron chi connectivity index (χ4n) is 2.36. The van der Waals surface area contributed by atoms with Crippen molar-refractivity contribution in [1.82, 2.24) is 5.32 Å². The van der Waals surface area contributed by atoms with Crippen LogP contribution in [0.4, 0.5) is 0 Å². The Kier molecular flexibility index (Phi) is 6.78. The predicted molar refractivity (Wildman–Crippen MR) is 83.3 cm³/mol. The minimum atomic E-state index is -0.266. The Morgan fingerprint density at radius 1 is 1.00 bits per heavy atom. The van der Waals surface area contributed by atoms with Crippen molar-refractivity contribution in [2.45, 2.75) is 38.8 Å². The van der Waals surface area contributed by atoms with Gasteiger partial charge in [-0.05, 0) is 18.9 Å². The molecule has 1 aromatic carbocycles. The Balaban J connectivity index is 3.03. The van der Waals surface area contributed by atoms with Gasteiger partial charge < -0.3 is 24.6 Å². The van der Waals surface area contributed by atoms with E-state index < -0.39 is 0 Å². The first kappa shape index (κ1) is 17.6. The Hall–Kier alpha value is -1.46. The van der Waals surface area contributed by atoms with Crippen molar-refractivity contribution in [1.29, 1.82) is 0 Å². The number of benzene rings is 1. The molecule has 0 fully saturated rings. The van der Waals surface area contributed by atoms with Gasteiger partial charge in [-0.25, -0.2) is 0 Å². The lowest BCUT2D eigenvalue weighted by Gasteiger charge is -2.31. The zero-order chi connectivity index (χ0) is 15.9. The van der Waals surface area contributed by atoms with Crippen LogP contribution in [-0.4, -0.2) is 38.6 Å². The van der Waals surface area contributed by atoms with Gasteiger partial charge in [-0.3, -0.25) is 0 Å². The Morgan fingerprint density at radius 2 is 1.62 bits per heavy atom. The van der Waals surface area contributed by atoms with E-state index in [0.717, 1.165) is 18.4 Å². The Labute approximate surface area is 127 Å². The van der Waals surface area contributed by atoms with Gasteiger partial charge in [0.25, 0.3) is 0 Å². The van der Waals surface area contributed by atoms with Crippen molar-refractivity contribution >= 4 is 0 Å². The molecule has 21 heavy (non-hydrogen) atoms. The zero-order valence-corrected chi connectivity index (χ0v) is 13.7. The summed E-state index contributed by atoms with van der Waals surface area (Å²) >= 11 is 0. The van der Waals surface area contributed by atoms with Crippen LogP contribution in [0.25, 0.3) is 0 Å². The number of hydrogen-bond donors (Lipinski definition) is 2. The summed E-state index contributed by atoms with van der Waals surface area (Å²) in [6.45, 7) is 4.83. The van der Waals surface area contributed by atoms with E-state index >= 15 is 0 Å². The summed E-state index contributed by atoms with van der Waals surface area (Å²) in [6.07, 6.45) is 1.71. The van der Waals surface area contributed by atoms with Crippen LogP contribution in [0.1, 0.15) is 32.3 Å². The summed E-state index contributed by atoms with van der Waals surface area (Å²) in [4.78, 5) is 0. The molecule has 0 saturated carbocycles. The molecule has 0 unspecified atom stereocenters. The number of hydrogen-bond acceptors (Lipinski definition) is 5. The Morgan fingerprint density at radius 3 is 2.05 bits per heavy atom. The second kappa shape index (κ2) is 8.10. The molecule has 5 nitrogen and oxygen atoms in total. The van der Waals surface area contributed by atoms with Gasteiger partial charge in [0.1, 0.15) is 0 Å². The topological polar surface area (TPSA) is 60.0 Å². The van der Waals surface area contributed by atoms with Crippen LogP contribution in [0, 0.1) is 0 Å². The van der Waals surface area contributed by atoms with E-state index in [1.807, 2.05) is 12.1 Å². The maximum atomic E-state index is 9.63. The number of ether oxygens (including phenoxy) is 3. The predicted octanol–water partition coefficient (Wildman–Crippen LogP) is 2.35. The summed E-state index contributed by atoms with van der Waals surface area (Å²) in [7, 11) is 4.80. The smallest absolute Gasteiger partial charge is 0.203 e. The van der Waals surface area contributed by atoms with Gasteiger partial charge in [0, 0.05) is 17.6 Å². The molecule has 0 heterocycles. The van der Waals surface area contributed by atoms with Gasteiger partial charge in [0.15, 0.2) is 11.5 Å². The van der Waals surface area contributed by atoms with Crippen molar-refractivity contribution in [3.63, 3.8) is 0 Å². The fourth-order valence-corrected chi connectivity index (χ4v) is 2.36. The van der Waals surface area contributed by atoms with Gasteiger partial charge in [-0.15, -0.1) is 0 Å². The van der Waals surface area contributed by atoms with E-state index in [1.165, 1.54) is 0 Å². The molecular formula is C16H27NO4. The third-order valence-corrected chi connectivity index (χ3v) is 4.10. The first-order valence-electron chi connectivity index (χ1n) is 7.25. The number of aliphatic hydroxyl groups excluding tert-OH is 1. The molecule has 0 aliphatic rings. The normalized spacial score (nSPS) is 11.3. The van der Waals surface area contributed by atoms with E-state index in [-0.39, 0.29) is 12.1 Å². The van der Waals surface area contributed by atoms with E-state index in [9.17, 15) is 5.11 Å². The van der Waals surface area contributed by atoms with Crippen LogP contribution >= 0.6 is 0 Å². The molecule has 0 spiro atoms.